The molecule has 1 fully saturated rings. The first-order valence-electron chi connectivity index (χ1n) is 8.69. The summed E-state index contributed by atoms with van der Waals surface area (Å²) < 4.78 is 11.2. The monoisotopic (exact) mass is 382 g/mol. The molecule has 1 aliphatic carbocycles. The molecule has 0 aliphatic heterocycles. The number of rotatable bonds is 6. The predicted octanol–water partition coefficient (Wildman–Crippen LogP) is 5.30. The highest BCUT2D eigenvalue weighted by Crippen LogP contribution is 2.29. The van der Waals surface area contributed by atoms with E-state index in [2.05, 4.69) is 0 Å². The molecule has 28 heavy (non-hydrogen) atoms. The van der Waals surface area contributed by atoms with Gasteiger partial charge in [0.2, 0.25) is 0 Å². The van der Waals surface area contributed by atoms with Gasteiger partial charge in [-0.1, -0.05) is 0 Å². The van der Waals surface area contributed by atoms with Crippen LogP contribution in [0.2, 0.25) is 0 Å². The van der Waals surface area contributed by atoms with Crippen molar-refractivity contribution in [2.45, 2.75) is 25.7 Å². The molecule has 0 amide bonds. The summed E-state index contributed by atoms with van der Waals surface area (Å²) in [6.45, 7) is 0. The summed E-state index contributed by atoms with van der Waals surface area (Å²) in [5.74, 6) is 1.11. The van der Waals surface area contributed by atoms with Crippen molar-refractivity contribution >= 4 is 11.4 Å². The number of nitro groups is 2. The number of ether oxygens (including phenoxy) is 2. The molecule has 1 saturated carbocycles. The number of nitrogens with zero attached hydrogens (tertiary/aromatic N) is 2. The molecule has 0 aromatic heterocycles. The van der Waals surface area contributed by atoms with E-state index in [1.54, 1.807) is 36.8 Å². The van der Waals surface area contributed by atoms with Gasteiger partial charge in [-0.15, -0.1) is 0 Å². The van der Waals surface area contributed by atoms with Gasteiger partial charge in [-0.25, -0.2) is 0 Å². The fourth-order valence-corrected chi connectivity index (χ4v) is 2.72. The molecule has 0 unspecified atom stereocenters. The SMILES string of the molecule is O=[N+]([O-])c1ccc(OC=C2CCC(=COc3ccc([N+](=O)[O-])cc3)CC2)cc1. The smallest absolute Gasteiger partial charge is 0.269 e. The lowest BCUT2D eigenvalue weighted by Gasteiger charge is -2.17. The van der Waals surface area contributed by atoms with Gasteiger partial charge in [0.25, 0.3) is 11.4 Å². The highest BCUT2D eigenvalue weighted by molar-refractivity contribution is 5.37. The zero-order valence-corrected chi connectivity index (χ0v) is 14.9. The number of non-ortho nitro benzene ring substituents is 2. The molecule has 0 saturated heterocycles. The van der Waals surface area contributed by atoms with Gasteiger partial charge in [0.15, 0.2) is 0 Å². The van der Waals surface area contributed by atoms with E-state index in [0.29, 0.717) is 11.5 Å². The molecule has 2 aromatic rings. The summed E-state index contributed by atoms with van der Waals surface area (Å²) in [5, 5.41) is 21.3. The second-order valence-electron chi connectivity index (χ2n) is 6.29. The lowest BCUT2D eigenvalue weighted by molar-refractivity contribution is -0.385. The zero-order chi connectivity index (χ0) is 19.9. The zero-order valence-electron chi connectivity index (χ0n) is 14.9. The molecule has 1 aliphatic rings. The first-order chi connectivity index (χ1) is 13.5. The molecule has 0 radical (unpaired) electrons. The fourth-order valence-electron chi connectivity index (χ4n) is 2.72. The lowest BCUT2D eigenvalue weighted by Crippen LogP contribution is -2.01. The summed E-state index contributed by atoms with van der Waals surface area (Å²) >= 11 is 0. The van der Waals surface area contributed by atoms with E-state index in [-0.39, 0.29) is 11.4 Å². The normalized spacial score (nSPS) is 13.6. The Hall–Kier alpha value is -3.68. The second kappa shape index (κ2) is 8.81. The van der Waals surface area contributed by atoms with Crippen LogP contribution < -0.4 is 9.47 Å². The number of allylic oxidation sites excluding steroid dienone is 2. The molecule has 0 spiro atoms. The van der Waals surface area contributed by atoms with Gasteiger partial charge in [0.1, 0.15) is 11.5 Å². The van der Waals surface area contributed by atoms with Gasteiger partial charge in [0.05, 0.1) is 22.4 Å². The maximum absolute atomic E-state index is 10.6. The van der Waals surface area contributed by atoms with Gasteiger partial charge < -0.3 is 9.47 Å². The van der Waals surface area contributed by atoms with E-state index in [9.17, 15) is 20.2 Å². The first-order valence-corrected chi connectivity index (χ1v) is 8.69. The van der Waals surface area contributed by atoms with Crippen molar-refractivity contribution in [1.29, 1.82) is 0 Å². The maximum atomic E-state index is 10.6. The molecular weight excluding hydrogens is 364 g/mol. The fraction of sp³-hybridized carbons (Fsp3) is 0.200. The van der Waals surface area contributed by atoms with E-state index >= 15 is 0 Å². The third-order valence-electron chi connectivity index (χ3n) is 4.35. The Morgan fingerprint density at radius 2 is 0.964 bits per heavy atom. The van der Waals surface area contributed by atoms with Crippen molar-refractivity contribution in [3.8, 4) is 11.5 Å². The van der Waals surface area contributed by atoms with Crippen LogP contribution in [0.3, 0.4) is 0 Å². The molecule has 144 valence electrons. The van der Waals surface area contributed by atoms with Crippen molar-refractivity contribution in [2.24, 2.45) is 0 Å². The Labute approximate surface area is 161 Å². The average Bonchev–Trinajstić information content (AvgIpc) is 2.72. The number of hydrogen-bond donors (Lipinski definition) is 0. The molecule has 0 N–H and O–H groups in total. The first kappa shape index (κ1) is 19.1. The van der Waals surface area contributed by atoms with Crippen LogP contribution in [0, 0.1) is 20.2 Å². The van der Waals surface area contributed by atoms with Crippen molar-refractivity contribution < 1.29 is 19.3 Å². The highest BCUT2D eigenvalue weighted by Gasteiger charge is 2.12. The van der Waals surface area contributed by atoms with E-state index in [1.807, 2.05) is 0 Å². The van der Waals surface area contributed by atoms with Gasteiger partial charge in [-0.3, -0.25) is 20.2 Å². The quantitative estimate of drug-likeness (QED) is 0.381. The minimum absolute atomic E-state index is 0.0282. The average molecular weight is 382 g/mol. The molecule has 3 rings (SSSR count). The molecule has 8 heteroatoms. The second-order valence-corrected chi connectivity index (χ2v) is 6.29. The van der Waals surface area contributed by atoms with Crippen LogP contribution in [0.4, 0.5) is 11.4 Å². The largest absolute Gasteiger partial charge is 0.465 e. The highest BCUT2D eigenvalue weighted by atomic mass is 16.6. The van der Waals surface area contributed by atoms with Crippen molar-refractivity contribution in [1.82, 2.24) is 0 Å². The number of nitro benzene ring substituents is 2. The Morgan fingerprint density at radius 3 is 1.25 bits per heavy atom. The summed E-state index contributed by atoms with van der Waals surface area (Å²) in [7, 11) is 0. The van der Waals surface area contributed by atoms with Crippen LogP contribution >= 0.6 is 0 Å². The Kier molecular flexibility index (Phi) is 6.01. The number of hydrogen-bond acceptors (Lipinski definition) is 6. The number of benzene rings is 2. The molecular formula is C20H18N2O6. The van der Waals surface area contributed by atoms with Crippen LogP contribution in [-0.4, -0.2) is 9.85 Å². The molecule has 0 bridgehead atoms. The van der Waals surface area contributed by atoms with Crippen LogP contribution in [0.25, 0.3) is 0 Å². The van der Waals surface area contributed by atoms with Crippen LogP contribution in [0.15, 0.2) is 72.2 Å². The summed E-state index contributed by atoms with van der Waals surface area (Å²) in [6, 6.07) is 11.9. The molecule has 2 aromatic carbocycles. The maximum Gasteiger partial charge on any atom is 0.269 e. The van der Waals surface area contributed by atoms with E-state index in [4.69, 9.17) is 9.47 Å². The minimum Gasteiger partial charge on any atom is -0.465 e. The van der Waals surface area contributed by atoms with Gasteiger partial charge in [-0.05, 0) is 61.1 Å². The predicted molar refractivity (Wildman–Crippen MR) is 102 cm³/mol. The third kappa shape index (κ3) is 5.16. The van der Waals surface area contributed by atoms with Crippen LogP contribution in [-0.2, 0) is 0 Å². The summed E-state index contributed by atoms with van der Waals surface area (Å²) in [4.78, 5) is 20.4. The van der Waals surface area contributed by atoms with Crippen LogP contribution in [0.5, 0.6) is 11.5 Å². The molecule has 8 nitrogen and oxygen atoms in total. The van der Waals surface area contributed by atoms with Crippen molar-refractivity contribution in [2.75, 3.05) is 0 Å². The van der Waals surface area contributed by atoms with E-state index in [0.717, 1.165) is 36.8 Å². The Morgan fingerprint density at radius 1 is 0.643 bits per heavy atom. The Balaban J connectivity index is 1.49. The standard InChI is InChI=1S/C20H18N2O6/c23-21(24)17-5-9-19(10-6-17)27-13-15-1-2-16(4-3-15)14-28-20-11-7-18(8-12-20)22(25)26/h5-14H,1-4H2. The summed E-state index contributed by atoms with van der Waals surface area (Å²) in [6.07, 6.45) is 6.75. The topological polar surface area (TPSA) is 105 Å². The van der Waals surface area contributed by atoms with E-state index in [1.165, 1.54) is 24.3 Å². The van der Waals surface area contributed by atoms with Gasteiger partial charge in [0, 0.05) is 24.3 Å². The van der Waals surface area contributed by atoms with Crippen molar-refractivity contribution in [3.63, 3.8) is 0 Å². The summed E-state index contributed by atoms with van der Waals surface area (Å²) in [5.41, 5.74) is 2.37. The van der Waals surface area contributed by atoms with Crippen LogP contribution in [0.1, 0.15) is 25.7 Å². The molecule has 0 heterocycles. The molecule has 0 atom stereocenters. The lowest BCUT2D eigenvalue weighted by atomic mass is 9.92. The van der Waals surface area contributed by atoms with Gasteiger partial charge in [-0.2, -0.15) is 0 Å². The van der Waals surface area contributed by atoms with Gasteiger partial charge >= 0.3 is 0 Å². The van der Waals surface area contributed by atoms with E-state index < -0.39 is 9.85 Å². The third-order valence-corrected chi connectivity index (χ3v) is 4.35. The minimum atomic E-state index is -0.448. The Bertz CT molecular complexity index is 827. The van der Waals surface area contributed by atoms with Crippen molar-refractivity contribution in [3.05, 3.63) is 92.4 Å².